The van der Waals surface area contributed by atoms with Crippen molar-refractivity contribution in [3.05, 3.63) is 42.2 Å². The number of ketones is 1. The molecule has 0 radical (unpaired) electrons. The van der Waals surface area contributed by atoms with Gasteiger partial charge in [0.2, 0.25) is 0 Å². The van der Waals surface area contributed by atoms with Crippen LogP contribution in [0.3, 0.4) is 0 Å². The highest BCUT2D eigenvalue weighted by Crippen LogP contribution is 2.45. The lowest BCUT2D eigenvalue weighted by atomic mass is 9.98. The summed E-state index contributed by atoms with van der Waals surface area (Å²) in [6.07, 6.45) is 0. The maximum absolute atomic E-state index is 13.5. The number of carbonyl (C=O) groups is 1. The third-order valence-corrected chi connectivity index (χ3v) is 7.33. The largest absolute Gasteiger partial charge is 0.493 e. The molecule has 0 heterocycles. The van der Waals surface area contributed by atoms with Crippen LogP contribution in [0.5, 0.6) is 23.0 Å². The molecule has 0 aliphatic heterocycles. The first-order valence-corrected chi connectivity index (χ1v) is 11.0. The van der Waals surface area contributed by atoms with Crippen LogP contribution in [0.2, 0.25) is 0 Å². The van der Waals surface area contributed by atoms with Crippen molar-refractivity contribution in [2.45, 2.75) is 5.33 Å². The van der Waals surface area contributed by atoms with Gasteiger partial charge in [0.15, 0.2) is 28.8 Å². The van der Waals surface area contributed by atoms with Crippen LogP contribution >= 0.6 is 63.7 Å². The second-order valence-electron chi connectivity index (χ2n) is 5.21. The molecule has 146 valence electrons. The molecule has 2 aromatic carbocycles. The molecule has 0 aliphatic rings. The maximum atomic E-state index is 13.5. The van der Waals surface area contributed by atoms with Gasteiger partial charge in [-0.15, -0.1) is 0 Å². The van der Waals surface area contributed by atoms with E-state index in [-0.39, 0.29) is 5.78 Å². The van der Waals surface area contributed by atoms with Gasteiger partial charge < -0.3 is 18.9 Å². The Morgan fingerprint density at radius 2 is 1.33 bits per heavy atom. The Bertz CT molecular complexity index is 883. The fourth-order valence-corrected chi connectivity index (χ4v) is 4.86. The van der Waals surface area contributed by atoms with Crippen molar-refractivity contribution in [1.29, 1.82) is 0 Å². The molecule has 27 heavy (non-hydrogen) atoms. The zero-order chi connectivity index (χ0) is 20.3. The van der Waals surface area contributed by atoms with Crippen LogP contribution < -0.4 is 18.9 Å². The molecule has 0 saturated carbocycles. The lowest BCUT2D eigenvalue weighted by molar-refractivity contribution is 0.103. The van der Waals surface area contributed by atoms with Crippen LogP contribution in [0.1, 0.15) is 21.5 Å². The molecule has 0 aliphatic carbocycles. The number of carbonyl (C=O) groups excluding carboxylic acids is 1. The van der Waals surface area contributed by atoms with E-state index in [2.05, 4.69) is 63.7 Å². The third-order valence-electron chi connectivity index (χ3n) is 3.86. The quantitative estimate of drug-likeness (QED) is 0.272. The molecule has 0 atom stereocenters. The number of rotatable bonds is 7. The highest BCUT2D eigenvalue weighted by Gasteiger charge is 2.27. The van der Waals surface area contributed by atoms with Crippen LogP contribution in [0.4, 0.5) is 0 Å². The van der Waals surface area contributed by atoms with E-state index in [0.29, 0.717) is 52.9 Å². The summed E-state index contributed by atoms with van der Waals surface area (Å²) in [6, 6.07) is 3.41. The van der Waals surface area contributed by atoms with Crippen LogP contribution in [-0.4, -0.2) is 34.2 Å². The fourth-order valence-electron chi connectivity index (χ4n) is 2.58. The minimum atomic E-state index is -0.217. The van der Waals surface area contributed by atoms with E-state index in [0.717, 1.165) is 5.56 Å². The van der Waals surface area contributed by atoms with Crippen LogP contribution in [0.15, 0.2) is 25.6 Å². The molecular weight excluding hydrogens is 616 g/mol. The lowest BCUT2D eigenvalue weighted by Crippen LogP contribution is -2.10. The Morgan fingerprint density at radius 1 is 0.815 bits per heavy atom. The van der Waals surface area contributed by atoms with Gasteiger partial charge in [-0.05, 0) is 65.5 Å². The van der Waals surface area contributed by atoms with E-state index in [4.69, 9.17) is 18.9 Å². The Balaban J connectivity index is 2.77. The van der Waals surface area contributed by atoms with Crippen molar-refractivity contribution in [1.82, 2.24) is 0 Å². The van der Waals surface area contributed by atoms with Crippen LogP contribution in [0.25, 0.3) is 0 Å². The van der Waals surface area contributed by atoms with Gasteiger partial charge in [-0.1, -0.05) is 15.9 Å². The number of halogens is 4. The first-order chi connectivity index (χ1) is 12.9. The summed E-state index contributed by atoms with van der Waals surface area (Å²) in [7, 11) is 6.12. The van der Waals surface area contributed by atoms with Gasteiger partial charge in [-0.3, -0.25) is 4.79 Å². The summed E-state index contributed by atoms with van der Waals surface area (Å²) in [6.45, 7) is 0. The Morgan fingerprint density at radius 3 is 1.81 bits per heavy atom. The zero-order valence-electron chi connectivity index (χ0n) is 14.9. The minimum absolute atomic E-state index is 0.217. The van der Waals surface area contributed by atoms with E-state index in [9.17, 15) is 4.79 Å². The monoisotopic (exact) mass is 628 g/mol. The van der Waals surface area contributed by atoms with E-state index >= 15 is 0 Å². The number of ether oxygens (including phenoxy) is 4. The molecule has 5 nitrogen and oxygen atoms in total. The van der Waals surface area contributed by atoms with E-state index in [1.165, 1.54) is 21.3 Å². The Hall–Kier alpha value is -0.770. The predicted octanol–water partition coefficient (Wildman–Crippen LogP) is 6.13. The van der Waals surface area contributed by atoms with E-state index in [1.807, 2.05) is 0 Å². The van der Waals surface area contributed by atoms with Gasteiger partial charge in [0, 0.05) is 20.9 Å². The van der Waals surface area contributed by atoms with Crippen molar-refractivity contribution in [3.8, 4) is 23.0 Å². The predicted molar refractivity (Wildman–Crippen MR) is 118 cm³/mol. The van der Waals surface area contributed by atoms with Gasteiger partial charge in [-0.25, -0.2) is 0 Å². The normalized spacial score (nSPS) is 10.5. The molecule has 0 unspecified atom stereocenters. The summed E-state index contributed by atoms with van der Waals surface area (Å²) in [5.41, 5.74) is 1.63. The highest BCUT2D eigenvalue weighted by atomic mass is 79.9. The highest BCUT2D eigenvalue weighted by molar-refractivity contribution is 9.13. The maximum Gasteiger partial charge on any atom is 0.195 e. The van der Waals surface area contributed by atoms with Crippen molar-refractivity contribution < 1.29 is 23.7 Å². The zero-order valence-corrected chi connectivity index (χ0v) is 21.3. The van der Waals surface area contributed by atoms with Crippen LogP contribution in [-0.2, 0) is 5.33 Å². The SMILES string of the molecule is COc1cc(C(=O)c2c(CBr)cc(OC)c(OC)c2Br)c(Br)c(Br)c1OC. The third kappa shape index (κ3) is 4.16. The van der Waals surface area contributed by atoms with E-state index < -0.39 is 0 Å². The van der Waals surface area contributed by atoms with Gasteiger partial charge in [0.05, 0.1) is 37.4 Å². The smallest absolute Gasteiger partial charge is 0.195 e. The average molecular weight is 632 g/mol. The minimum Gasteiger partial charge on any atom is -0.493 e. The molecule has 0 fully saturated rings. The van der Waals surface area contributed by atoms with Gasteiger partial charge >= 0.3 is 0 Å². The standard InChI is InChI=1S/C18H16Br4O5/c1-24-10-5-8(7-19)12(14(21)17(10)26-3)16(23)9-6-11(25-2)18(27-4)15(22)13(9)20/h5-6H,7H2,1-4H3. The van der Waals surface area contributed by atoms with Crippen molar-refractivity contribution >= 4 is 69.5 Å². The number of hydrogen-bond donors (Lipinski definition) is 0. The fraction of sp³-hybridized carbons (Fsp3) is 0.278. The Kier molecular flexibility index (Phi) is 8.03. The molecule has 2 aromatic rings. The molecule has 0 spiro atoms. The van der Waals surface area contributed by atoms with Gasteiger partial charge in [0.25, 0.3) is 0 Å². The number of hydrogen-bond acceptors (Lipinski definition) is 5. The summed E-state index contributed by atoms with van der Waals surface area (Å²) in [5, 5.41) is 0.457. The van der Waals surface area contributed by atoms with Gasteiger partial charge in [0.1, 0.15) is 0 Å². The molecular formula is C18H16Br4O5. The van der Waals surface area contributed by atoms with Crippen molar-refractivity contribution in [2.24, 2.45) is 0 Å². The van der Waals surface area contributed by atoms with Crippen molar-refractivity contribution in [3.63, 3.8) is 0 Å². The van der Waals surface area contributed by atoms with Crippen LogP contribution in [0, 0.1) is 0 Å². The lowest BCUT2D eigenvalue weighted by Gasteiger charge is -2.18. The summed E-state index contributed by atoms with van der Waals surface area (Å²) in [4.78, 5) is 13.5. The van der Waals surface area contributed by atoms with E-state index in [1.54, 1.807) is 19.2 Å². The second kappa shape index (κ2) is 9.62. The topological polar surface area (TPSA) is 54.0 Å². The first-order valence-electron chi connectivity index (χ1n) is 7.50. The molecule has 0 saturated heterocycles. The molecule has 9 heteroatoms. The summed E-state index contributed by atoms with van der Waals surface area (Å²) >= 11 is 13.9. The second-order valence-corrected chi connectivity index (χ2v) is 8.15. The molecule has 0 amide bonds. The van der Waals surface area contributed by atoms with Crippen molar-refractivity contribution in [2.75, 3.05) is 28.4 Å². The number of methoxy groups -OCH3 is 4. The summed E-state index contributed by atoms with van der Waals surface area (Å²) < 4.78 is 23.2. The van der Waals surface area contributed by atoms with Gasteiger partial charge in [-0.2, -0.15) is 0 Å². The molecule has 0 aromatic heterocycles. The number of alkyl halides is 1. The molecule has 2 rings (SSSR count). The molecule has 0 bridgehead atoms. The number of benzene rings is 2. The summed E-state index contributed by atoms with van der Waals surface area (Å²) in [5.74, 6) is 1.69. The first kappa shape index (κ1) is 22.5. The average Bonchev–Trinajstić information content (AvgIpc) is 2.68. The Labute approximate surface area is 191 Å². The molecule has 0 N–H and O–H groups in total.